The van der Waals surface area contributed by atoms with Crippen molar-refractivity contribution in [2.75, 3.05) is 6.54 Å². The lowest BCUT2D eigenvalue weighted by atomic mass is 10.1. The fourth-order valence-electron chi connectivity index (χ4n) is 1.41. The van der Waals surface area contributed by atoms with Crippen molar-refractivity contribution in [3.05, 3.63) is 48.3 Å². The molecule has 0 saturated carbocycles. The lowest BCUT2D eigenvalue weighted by Crippen LogP contribution is -1.91. The molecule has 1 heterocycles. The zero-order valence-corrected chi connectivity index (χ0v) is 7.85. The molecule has 0 saturated heterocycles. The molecule has 2 nitrogen and oxygen atoms in total. The number of hydrogen-bond acceptors (Lipinski definition) is 2. The third-order valence-corrected chi connectivity index (χ3v) is 2.11. The molecule has 0 aliphatic heterocycles. The molecule has 0 spiro atoms. The molecular weight excluding hydrogens is 172 g/mol. The van der Waals surface area contributed by atoms with E-state index >= 15 is 0 Å². The number of fused-ring (bicyclic) bond motifs is 1. The molecule has 0 aliphatic rings. The highest BCUT2D eigenvalue weighted by atomic mass is 14.6. The van der Waals surface area contributed by atoms with E-state index in [1.54, 1.807) is 6.20 Å². The second-order valence-corrected chi connectivity index (χ2v) is 3.12. The minimum absolute atomic E-state index is 0.578. The van der Waals surface area contributed by atoms with Gasteiger partial charge in [-0.25, -0.2) is 0 Å². The van der Waals surface area contributed by atoms with Crippen LogP contribution in [0.15, 0.2) is 42.7 Å². The number of rotatable bonds is 2. The molecule has 0 aliphatic carbocycles. The van der Waals surface area contributed by atoms with Crippen LogP contribution < -0.4 is 5.73 Å². The second kappa shape index (κ2) is 4.03. The van der Waals surface area contributed by atoms with Crippen LogP contribution in [0.4, 0.5) is 0 Å². The highest BCUT2D eigenvalue weighted by Gasteiger charge is 1.92. The average molecular weight is 184 g/mol. The maximum absolute atomic E-state index is 5.39. The molecule has 0 bridgehead atoms. The van der Waals surface area contributed by atoms with Crippen LogP contribution in [-0.4, -0.2) is 11.5 Å². The van der Waals surface area contributed by atoms with Gasteiger partial charge in [0.05, 0.1) is 0 Å². The van der Waals surface area contributed by atoms with Crippen LogP contribution in [0.2, 0.25) is 0 Å². The Bertz CT molecular complexity index is 461. The first-order valence-electron chi connectivity index (χ1n) is 4.60. The largest absolute Gasteiger partial charge is 0.327 e. The molecule has 1 aromatic carbocycles. The zero-order chi connectivity index (χ0) is 9.80. The summed E-state index contributed by atoms with van der Waals surface area (Å²) in [5.74, 6) is 0. The maximum Gasteiger partial charge on any atom is 0.0346 e. The third kappa shape index (κ3) is 1.80. The number of nitrogens with zero attached hydrogens (tertiary/aromatic N) is 1. The minimum atomic E-state index is 0.578. The molecule has 0 unspecified atom stereocenters. The van der Waals surface area contributed by atoms with Gasteiger partial charge in [0.2, 0.25) is 0 Å². The van der Waals surface area contributed by atoms with Gasteiger partial charge in [0, 0.05) is 24.3 Å². The Labute approximate surface area is 83.1 Å². The van der Waals surface area contributed by atoms with Crippen LogP contribution in [-0.2, 0) is 0 Å². The topological polar surface area (TPSA) is 38.9 Å². The summed E-state index contributed by atoms with van der Waals surface area (Å²) >= 11 is 0. The zero-order valence-electron chi connectivity index (χ0n) is 7.85. The van der Waals surface area contributed by atoms with E-state index in [9.17, 15) is 0 Å². The number of benzene rings is 1. The predicted molar refractivity (Wildman–Crippen MR) is 59.8 cm³/mol. The van der Waals surface area contributed by atoms with E-state index in [2.05, 4.69) is 23.2 Å². The Kier molecular flexibility index (Phi) is 2.56. The third-order valence-electron chi connectivity index (χ3n) is 2.11. The van der Waals surface area contributed by atoms with Gasteiger partial charge in [-0.2, -0.15) is 0 Å². The Hall–Kier alpha value is -1.67. The fourth-order valence-corrected chi connectivity index (χ4v) is 1.41. The Morgan fingerprint density at radius 2 is 2.14 bits per heavy atom. The van der Waals surface area contributed by atoms with Crippen LogP contribution in [0, 0.1) is 0 Å². The Morgan fingerprint density at radius 1 is 1.21 bits per heavy atom. The summed E-state index contributed by atoms with van der Waals surface area (Å²) in [5, 5.41) is 2.37. The molecule has 1 aromatic heterocycles. The number of pyridine rings is 1. The van der Waals surface area contributed by atoms with E-state index in [-0.39, 0.29) is 0 Å². The molecule has 0 fully saturated rings. The van der Waals surface area contributed by atoms with Crippen LogP contribution >= 0.6 is 0 Å². The van der Waals surface area contributed by atoms with Gasteiger partial charge in [-0.05, 0) is 23.1 Å². The lowest BCUT2D eigenvalue weighted by Gasteiger charge is -1.98. The number of nitrogens with two attached hydrogens (primary N) is 1. The quantitative estimate of drug-likeness (QED) is 0.777. The van der Waals surface area contributed by atoms with Crippen LogP contribution in [0.25, 0.3) is 16.8 Å². The lowest BCUT2D eigenvalue weighted by molar-refractivity contribution is 1.26. The monoisotopic (exact) mass is 184 g/mol. The Morgan fingerprint density at radius 3 is 3.00 bits per heavy atom. The van der Waals surface area contributed by atoms with Gasteiger partial charge >= 0.3 is 0 Å². The van der Waals surface area contributed by atoms with Gasteiger partial charge in [0.15, 0.2) is 0 Å². The summed E-state index contributed by atoms with van der Waals surface area (Å²) in [5.41, 5.74) is 6.57. The van der Waals surface area contributed by atoms with Crippen LogP contribution in [0.3, 0.4) is 0 Å². The van der Waals surface area contributed by atoms with Crippen molar-refractivity contribution < 1.29 is 0 Å². The first-order chi connectivity index (χ1) is 6.90. The summed E-state index contributed by atoms with van der Waals surface area (Å²) in [6.45, 7) is 0.578. The van der Waals surface area contributed by atoms with Gasteiger partial charge < -0.3 is 5.73 Å². The molecule has 2 N–H and O–H groups in total. The van der Waals surface area contributed by atoms with Crippen molar-refractivity contribution in [3.63, 3.8) is 0 Å². The van der Waals surface area contributed by atoms with Crippen molar-refractivity contribution in [2.24, 2.45) is 5.73 Å². The van der Waals surface area contributed by atoms with Gasteiger partial charge in [0.1, 0.15) is 0 Å². The minimum Gasteiger partial charge on any atom is -0.327 e. The van der Waals surface area contributed by atoms with Crippen LogP contribution in [0.5, 0.6) is 0 Å². The second-order valence-electron chi connectivity index (χ2n) is 3.12. The maximum atomic E-state index is 5.39. The highest BCUT2D eigenvalue weighted by molar-refractivity contribution is 5.83. The molecule has 0 atom stereocenters. The average Bonchev–Trinajstić information content (AvgIpc) is 2.26. The van der Waals surface area contributed by atoms with Crippen LogP contribution in [0.1, 0.15) is 5.56 Å². The smallest absolute Gasteiger partial charge is 0.0346 e. The number of hydrogen-bond donors (Lipinski definition) is 1. The summed E-state index contributed by atoms with van der Waals surface area (Å²) in [6.07, 6.45) is 7.65. The van der Waals surface area contributed by atoms with E-state index in [0.29, 0.717) is 6.54 Å². The summed E-state index contributed by atoms with van der Waals surface area (Å²) in [7, 11) is 0. The molecule has 2 rings (SSSR count). The van der Waals surface area contributed by atoms with Crippen molar-refractivity contribution >= 4 is 16.8 Å². The summed E-state index contributed by atoms with van der Waals surface area (Å²) in [4.78, 5) is 4.07. The first-order valence-corrected chi connectivity index (χ1v) is 4.60. The van der Waals surface area contributed by atoms with Gasteiger partial charge in [-0.3, -0.25) is 4.98 Å². The van der Waals surface area contributed by atoms with E-state index < -0.39 is 0 Å². The molecule has 0 radical (unpaired) electrons. The normalized spacial score (nSPS) is 11.2. The summed E-state index contributed by atoms with van der Waals surface area (Å²) in [6, 6.07) is 8.27. The van der Waals surface area contributed by atoms with Gasteiger partial charge in [0.25, 0.3) is 0 Å². The molecule has 2 aromatic rings. The predicted octanol–water partition coefficient (Wildman–Crippen LogP) is 2.21. The highest BCUT2D eigenvalue weighted by Crippen LogP contribution is 2.15. The molecule has 14 heavy (non-hydrogen) atoms. The molecule has 70 valence electrons. The van der Waals surface area contributed by atoms with Crippen molar-refractivity contribution in [2.45, 2.75) is 0 Å². The molecule has 2 heteroatoms. The van der Waals surface area contributed by atoms with Gasteiger partial charge in [-0.15, -0.1) is 0 Å². The van der Waals surface area contributed by atoms with Crippen molar-refractivity contribution in [3.8, 4) is 0 Å². The van der Waals surface area contributed by atoms with Crippen molar-refractivity contribution in [1.82, 2.24) is 4.98 Å². The standard InChI is InChI=1S/C12H12N2/c13-6-1-2-10-3-4-12-9-14-7-5-11(12)8-10/h1-5,7-9H,6,13H2/b2-1+. The first kappa shape index (κ1) is 8.91. The summed E-state index contributed by atoms with van der Waals surface area (Å²) < 4.78 is 0. The van der Waals surface area contributed by atoms with Gasteiger partial charge in [-0.1, -0.05) is 24.3 Å². The van der Waals surface area contributed by atoms with E-state index in [0.717, 1.165) is 5.39 Å². The number of aromatic nitrogens is 1. The van der Waals surface area contributed by atoms with E-state index in [1.807, 2.05) is 24.4 Å². The molecule has 0 amide bonds. The SMILES string of the molecule is NC/C=C/c1ccc2cnccc2c1. The van der Waals surface area contributed by atoms with Crippen molar-refractivity contribution in [1.29, 1.82) is 0 Å². The fraction of sp³-hybridized carbons (Fsp3) is 0.0833. The van der Waals surface area contributed by atoms with E-state index in [4.69, 9.17) is 5.73 Å². The van der Waals surface area contributed by atoms with E-state index in [1.165, 1.54) is 10.9 Å². The Balaban J connectivity index is 2.46. The molecular formula is C12H12N2.